The molecular formula is C26H35FN2O6Si. The van der Waals surface area contributed by atoms with E-state index in [1.807, 2.05) is 30.3 Å². The first-order chi connectivity index (χ1) is 16.9. The van der Waals surface area contributed by atoms with E-state index in [1.165, 1.54) is 28.0 Å². The molecule has 2 amide bonds. The van der Waals surface area contributed by atoms with E-state index in [-0.39, 0.29) is 49.3 Å². The fourth-order valence-corrected chi connectivity index (χ4v) is 4.46. The molecule has 0 saturated carbocycles. The number of carbonyl (C=O) groups is 2. The Bertz CT molecular complexity index is 1060. The fraction of sp³-hybridized carbons (Fsp3) is 0.462. The quantitative estimate of drug-likeness (QED) is 0.453. The number of aliphatic hydroxyl groups excluding tert-OH is 1. The van der Waals surface area contributed by atoms with Crippen molar-refractivity contribution in [1.82, 2.24) is 0 Å². The molecule has 0 spiro atoms. The number of amides is 2. The van der Waals surface area contributed by atoms with Crippen molar-refractivity contribution in [3.8, 4) is 0 Å². The zero-order valence-electron chi connectivity index (χ0n) is 21.5. The van der Waals surface area contributed by atoms with Crippen LogP contribution in [0.2, 0.25) is 18.1 Å². The summed E-state index contributed by atoms with van der Waals surface area (Å²) in [7, 11) is -2.09. The lowest BCUT2D eigenvalue weighted by atomic mass is 10.2. The van der Waals surface area contributed by atoms with Gasteiger partial charge in [0.2, 0.25) is 0 Å². The van der Waals surface area contributed by atoms with E-state index in [0.717, 1.165) is 5.56 Å². The molecule has 3 rings (SSSR count). The van der Waals surface area contributed by atoms with Crippen molar-refractivity contribution in [2.24, 2.45) is 0 Å². The fourth-order valence-electron chi connectivity index (χ4n) is 3.43. The highest BCUT2D eigenvalue weighted by molar-refractivity contribution is 6.74. The van der Waals surface area contributed by atoms with Crippen LogP contribution in [0.15, 0.2) is 48.5 Å². The molecule has 1 aliphatic rings. The lowest BCUT2D eigenvalue weighted by molar-refractivity contribution is 0.0963. The number of rotatable bonds is 9. The second-order valence-electron chi connectivity index (χ2n) is 10.2. The molecular weight excluding hydrogens is 483 g/mol. The molecule has 36 heavy (non-hydrogen) atoms. The second kappa shape index (κ2) is 11.4. The van der Waals surface area contributed by atoms with Gasteiger partial charge < -0.3 is 19.0 Å². The maximum atomic E-state index is 15.3. The highest BCUT2D eigenvalue weighted by atomic mass is 28.4. The number of benzene rings is 2. The summed E-state index contributed by atoms with van der Waals surface area (Å²) in [6, 6.07) is 13.4. The van der Waals surface area contributed by atoms with Crippen molar-refractivity contribution < 1.29 is 33.0 Å². The van der Waals surface area contributed by atoms with Crippen molar-refractivity contribution in [2.45, 2.75) is 51.6 Å². The maximum Gasteiger partial charge on any atom is 0.414 e. The minimum Gasteiger partial charge on any atom is -0.444 e. The van der Waals surface area contributed by atoms with Crippen molar-refractivity contribution >= 4 is 31.9 Å². The standard InChI is InChI=1S/C26H35FN2O6Si/c1-26(2,3)36(4,5)34-14-13-28(24(31)33-18-19-9-7-6-8-10-19)23-12-11-20(15-22(23)27)29-16-21(17-30)35-25(29)32/h6-12,15,21,30H,13-14,16-18H2,1-5H3/t21-/m1/s1. The number of carbonyl (C=O) groups excluding carboxylic acids is 2. The topological polar surface area (TPSA) is 88.5 Å². The van der Waals surface area contributed by atoms with E-state index in [1.54, 1.807) is 0 Å². The summed E-state index contributed by atoms with van der Waals surface area (Å²) in [6.45, 7) is 10.7. The van der Waals surface area contributed by atoms with Crippen molar-refractivity contribution in [1.29, 1.82) is 0 Å². The zero-order valence-corrected chi connectivity index (χ0v) is 22.5. The molecule has 0 radical (unpaired) electrons. The monoisotopic (exact) mass is 518 g/mol. The summed E-state index contributed by atoms with van der Waals surface area (Å²) in [5.74, 6) is -0.697. The predicted octanol–water partition coefficient (Wildman–Crippen LogP) is 5.31. The van der Waals surface area contributed by atoms with Crippen LogP contribution in [0.5, 0.6) is 0 Å². The summed E-state index contributed by atoms with van der Waals surface area (Å²) in [5, 5.41) is 9.24. The number of anilines is 2. The van der Waals surface area contributed by atoms with Gasteiger partial charge in [0.15, 0.2) is 8.32 Å². The lowest BCUT2D eigenvalue weighted by Gasteiger charge is -2.36. The molecule has 2 aromatic rings. The van der Waals surface area contributed by atoms with E-state index in [2.05, 4.69) is 33.9 Å². The molecule has 1 heterocycles. The molecule has 2 aromatic carbocycles. The molecule has 0 aromatic heterocycles. The summed E-state index contributed by atoms with van der Waals surface area (Å²) in [6.07, 6.45) is -2.04. The number of hydrogen-bond donors (Lipinski definition) is 1. The van der Waals surface area contributed by atoms with Crippen LogP contribution in [0, 0.1) is 5.82 Å². The van der Waals surface area contributed by atoms with Crippen LogP contribution in [-0.4, -0.2) is 58.0 Å². The van der Waals surface area contributed by atoms with Crippen LogP contribution in [0.3, 0.4) is 0 Å². The zero-order chi connectivity index (χ0) is 26.5. The third-order valence-electron chi connectivity index (χ3n) is 6.62. The van der Waals surface area contributed by atoms with Gasteiger partial charge in [-0.2, -0.15) is 0 Å². The first-order valence-electron chi connectivity index (χ1n) is 11.9. The largest absolute Gasteiger partial charge is 0.444 e. The lowest BCUT2D eigenvalue weighted by Crippen LogP contribution is -2.44. The number of cyclic esters (lactones) is 1. The van der Waals surface area contributed by atoms with Crippen molar-refractivity contribution in [2.75, 3.05) is 36.1 Å². The molecule has 1 atom stereocenters. The van der Waals surface area contributed by atoms with Crippen molar-refractivity contribution in [3.63, 3.8) is 0 Å². The van der Waals surface area contributed by atoms with E-state index in [9.17, 15) is 14.7 Å². The SMILES string of the molecule is CC(C)(C)[Si](C)(C)OCCN(C(=O)OCc1ccccc1)c1ccc(N2C[C@H](CO)OC2=O)cc1F. The normalized spacial score (nSPS) is 16.1. The smallest absolute Gasteiger partial charge is 0.414 e. The van der Waals surface area contributed by atoms with E-state index in [0.29, 0.717) is 0 Å². The highest BCUT2D eigenvalue weighted by Gasteiger charge is 2.37. The van der Waals surface area contributed by atoms with Gasteiger partial charge in [0.25, 0.3) is 0 Å². The molecule has 1 saturated heterocycles. The molecule has 0 unspecified atom stereocenters. The average molecular weight is 519 g/mol. The minimum absolute atomic E-state index is 0.0157. The van der Waals surface area contributed by atoms with Crippen LogP contribution in [0.1, 0.15) is 26.3 Å². The average Bonchev–Trinajstić information content (AvgIpc) is 3.21. The van der Waals surface area contributed by atoms with Crippen LogP contribution in [0.25, 0.3) is 0 Å². The molecule has 196 valence electrons. The second-order valence-corrected chi connectivity index (χ2v) is 15.0. The van der Waals surface area contributed by atoms with Gasteiger partial charge in [-0.1, -0.05) is 51.1 Å². The maximum absolute atomic E-state index is 15.3. The van der Waals surface area contributed by atoms with E-state index in [4.69, 9.17) is 13.9 Å². The Hall–Kier alpha value is -2.95. The molecule has 0 bridgehead atoms. The van der Waals surface area contributed by atoms with Crippen LogP contribution in [0.4, 0.5) is 25.4 Å². The third kappa shape index (κ3) is 6.62. The number of hydrogen-bond acceptors (Lipinski definition) is 6. The van der Waals surface area contributed by atoms with Gasteiger partial charge >= 0.3 is 12.2 Å². The summed E-state index contributed by atoms with van der Waals surface area (Å²) < 4.78 is 32.1. The first kappa shape index (κ1) is 27.6. The van der Waals surface area contributed by atoms with E-state index >= 15 is 4.39 Å². The van der Waals surface area contributed by atoms with Gasteiger partial charge in [-0.25, -0.2) is 14.0 Å². The Morgan fingerprint density at radius 3 is 2.50 bits per heavy atom. The first-order valence-corrected chi connectivity index (χ1v) is 14.8. The molecule has 8 nitrogen and oxygen atoms in total. The van der Waals surface area contributed by atoms with Crippen molar-refractivity contribution in [3.05, 3.63) is 59.9 Å². The van der Waals surface area contributed by atoms with Gasteiger partial charge in [0.05, 0.1) is 37.7 Å². The molecule has 1 N–H and O–H groups in total. The number of aliphatic hydroxyl groups is 1. The summed E-state index contributed by atoms with van der Waals surface area (Å²) in [5.41, 5.74) is 1.10. The number of halogens is 1. The molecule has 10 heteroatoms. The van der Waals surface area contributed by atoms with Gasteiger partial charge in [-0.3, -0.25) is 9.80 Å². The Morgan fingerprint density at radius 1 is 1.22 bits per heavy atom. The Kier molecular flexibility index (Phi) is 8.75. The number of nitrogens with zero attached hydrogens (tertiary/aromatic N) is 2. The Morgan fingerprint density at radius 2 is 1.92 bits per heavy atom. The van der Waals surface area contributed by atoms with Gasteiger partial charge in [0.1, 0.15) is 18.5 Å². The van der Waals surface area contributed by atoms with E-state index < -0.39 is 32.4 Å². The van der Waals surface area contributed by atoms with Gasteiger partial charge in [0, 0.05) is 0 Å². The summed E-state index contributed by atoms with van der Waals surface area (Å²) >= 11 is 0. The number of ether oxygens (including phenoxy) is 2. The highest BCUT2D eigenvalue weighted by Crippen LogP contribution is 2.36. The van der Waals surface area contributed by atoms with Gasteiger partial charge in [-0.15, -0.1) is 0 Å². The van der Waals surface area contributed by atoms with Gasteiger partial charge in [-0.05, 0) is 41.9 Å². The Balaban J connectivity index is 1.80. The third-order valence-corrected chi connectivity index (χ3v) is 11.2. The van der Waals surface area contributed by atoms with Crippen LogP contribution in [-0.2, 0) is 20.5 Å². The Labute approximate surface area is 212 Å². The molecule has 0 aliphatic carbocycles. The molecule has 1 aliphatic heterocycles. The summed E-state index contributed by atoms with van der Waals surface area (Å²) in [4.78, 5) is 27.6. The molecule has 1 fully saturated rings. The van der Waals surface area contributed by atoms with Crippen LogP contribution < -0.4 is 9.80 Å². The minimum atomic E-state index is -2.09. The van der Waals surface area contributed by atoms with Crippen LogP contribution >= 0.6 is 0 Å². The predicted molar refractivity (Wildman–Crippen MR) is 138 cm³/mol.